The van der Waals surface area contributed by atoms with E-state index in [1.165, 1.54) is 0 Å². The normalized spacial score (nSPS) is 11.7. The lowest BCUT2D eigenvalue weighted by Gasteiger charge is -2.31. The highest BCUT2D eigenvalue weighted by Crippen LogP contribution is 2.32. The van der Waals surface area contributed by atoms with Gasteiger partial charge in [0.25, 0.3) is 0 Å². The van der Waals surface area contributed by atoms with Gasteiger partial charge in [-0.1, -0.05) is 63.0 Å². The molecule has 0 saturated heterocycles. The monoisotopic (exact) mass is 490 g/mol. The van der Waals surface area contributed by atoms with Crippen molar-refractivity contribution >= 4 is 52.0 Å². The van der Waals surface area contributed by atoms with Crippen LogP contribution in [0.3, 0.4) is 0 Å². The van der Waals surface area contributed by atoms with E-state index in [1.807, 2.05) is 18.2 Å². The van der Waals surface area contributed by atoms with Crippen molar-refractivity contribution in [2.24, 2.45) is 11.8 Å². The minimum atomic E-state index is -1.01. The van der Waals surface area contributed by atoms with Crippen LogP contribution in [0.15, 0.2) is 42.5 Å². The van der Waals surface area contributed by atoms with Gasteiger partial charge in [-0.3, -0.25) is 4.79 Å². The average molecular weight is 491 g/mol. The Morgan fingerprint density at radius 3 is 2.21 bits per heavy atom. The molecule has 2 aromatic carbocycles. The quantitative estimate of drug-likeness (QED) is 0.360. The standard InChI is InChI=1S/C26H32Cl2N2O3/c1-16(2)14-30(15-17(3)4)24-9-7-19(18(5)10-26(32)33)11-23(24)29-25(31)12-20-6-8-21(27)13-22(20)28/h6-11,13,16-17H,12,14-15H2,1-5H3,(H,29,31)(H,32,33)/b18-10+. The number of halogens is 2. The SMILES string of the molecule is C/C(=C\C(=O)O)c1ccc(N(CC(C)C)CC(C)C)c(NC(=O)Cc2ccc(Cl)cc2Cl)c1. The van der Waals surface area contributed by atoms with Crippen LogP contribution >= 0.6 is 23.2 Å². The molecule has 0 saturated carbocycles. The van der Waals surface area contributed by atoms with E-state index in [9.17, 15) is 9.59 Å². The summed E-state index contributed by atoms with van der Waals surface area (Å²) in [6.45, 7) is 12.0. The first-order valence-electron chi connectivity index (χ1n) is 11.0. The molecule has 2 rings (SSSR count). The Morgan fingerprint density at radius 2 is 1.67 bits per heavy atom. The van der Waals surface area contributed by atoms with Crippen LogP contribution in [0.25, 0.3) is 5.57 Å². The van der Waals surface area contributed by atoms with E-state index in [0.29, 0.717) is 38.7 Å². The number of aliphatic carboxylic acids is 1. The van der Waals surface area contributed by atoms with E-state index in [4.69, 9.17) is 28.3 Å². The van der Waals surface area contributed by atoms with Gasteiger partial charge in [0, 0.05) is 29.2 Å². The van der Waals surface area contributed by atoms with Crippen molar-refractivity contribution in [1.82, 2.24) is 0 Å². The maximum atomic E-state index is 13.0. The van der Waals surface area contributed by atoms with Crippen LogP contribution in [-0.4, -0.2) is 30.1 Å². The number of benzene rings is 2. The van der Waals surface area contributed by atoms with Gasteiger partial charge in [0.15, 0.2) is 0 Å². The molecular formula is C26H32Cl2N2O3. The number of nitrogens with zero attached hydrogens (tertiary/aromatic N) is 1. The van der Waals surface area contributed by atoms with Crippen LogP contribution in [0.1, 0.15) is 45.7 Å². The maximum Gasteiger partial charge on any atom is 0.328 e. The van der Waals surface area contributed by atoms with E-state index in [2.05, 4.69) is 37.9 Å². The fourth-order valence-corrected chi connectivity index (χ4v) is 4.09. The summed E-state index contributed by atoms with van der Waals surface area (Å²) in [5.41, 5.74) is 3.56. The minimum absolute atomic E-state index is 0.0952. The third-order valence-corrected chi connectivity index (χ3v) is 5.53. The smallest absolute Gasteiger partial charge is 0.328 e. The van der Waals surface area contributed by atoms with Gasteiger partial charge in [-0.25, -0.2) is 4.79 Å². The van der Waals surface area contributed by atoms with Crippen molar-refractivity contribution in [3.8, 4) is 0 Å². The topological polar surface area (TPSA) is 69.6 Å². The van der Waals surface area contributed by atoms with Crippen LogP contribution in [0.2, 0.25) is 10.0 Å². The first-order valence-corrected chi connectivity index (χ1v) is 11.8. The van der Waals surface area contributed by atoms with Crippen molar-refractivity contribution in [3.63, 3.8) is 0 Å². The molecule has 178 valence electrons. The van der Waals surface area contributed by atoms with Gasteiger partial charge in [0.2, 0.25) is 5.91 Å². The Morgan fingerprint density at radius 1 is 1.03 bits per heavy atom. The Hall–Kier alpha value is -2.50. The molecule has 2 N–H and O–H groups in total. The highest BCUT2D eigenvalue weighted by Gasteiger charge is 2.18. The molecule has 0 heterocycles. The van der Waals surface area contributed by atoms with Crippen LogP contribution in [0, 0.1) is 11.8 Å². The molecule has 1 amide bonds. The maximum absolute atomic E-state index is 13.0. The Labute approximate surface area is 206 Å². The molecule has 0 fully saturated rings. The minimum Gasteiger partial charge on any atom is -0.478 e. The fourth-order valence-electron chi connectivity index (χ4n) is 3.61. The molecular weight excluding hydrogens is 459 g/mol. The second-order valence-electron chi connectivity index (χ2n) is 9.05. The molecule has 0 aliphatic rings. The molecule has 0 unspecified atom stereocenters. The number of hydrogen-bond acceptors (Lipinski definition) is 3. The van der Waals surface area contributed by atoms with Crippen molar-refractivity contribution in [3.05, 3.63) is 63.6 Å². The lowest BCUT2D eigenvalue weighted by molar-refractivity contribution is -0.131. The largest absolute Gasteiger partial charge is 0.478 e. The van der Waals surface area contributed by atoms with Gasteiger partial charge < -0.3 is 15.3 Å². The number of carbonyl (C=O) groups excluding carboxylic acids is 1. The third kappa shape index (κ3) is 8.41. The van der Waals surface area contributed by atoms with E-state index in [-0.39, 0.29) is 12.3 Å². The molecule has 5 nitrogen and oxygen atoms in total. The van der Waals surface area contributed by atoms with E-state index < -0.39 is 5.97 Å². The number of allylic oxidation sites excluding steroid dienone is 1. The van der Waals surface area contributed by atoms with E-state index in [0.717, 1.165) is 30.4 Å². The molecule has 0 bridgehead atoms. The van der Waals surface area contributed by atoms with Gasteiger partial charge in [-0.15, -0.1) is 0 Å². The van der Waals surface area contributed by atoms with Crippen molar-refractivity contribution in [2.45, 2.75) is 41.0 Å². The second kappa shape index (κ2) is 12.1. The molecule has 0 aliphatic carbocycles. The summed E-state index contributed by atoms with van der Waals surface area (Å²) in [6.07, 6.45) is 1.26. The van der Waals surface area contributed by atoms with Crippen molar-refractivity contribution < 1.29 is 14.7 Å². The molecule has 33 heavy (non-hydrogen) atoms. The number of amides is 1. The average Bonchev–Trinajstić information content (AvgIpc) is 2.68. The predicted molar refractivity (Wildman–Crippen MR) is 138 cm³/mol. The lowest BCUT2D eigenvalue weighted by atomic mass is 10.0. The lowest BCUT2D eigenvalue weighted by Crippen LogP contribution is -2.32. The summed E-state index contributed by atoms with van der Waals surface area (Å²) in [7, 11) is 0. The molecule has 0 aliphatic heterocycles. The highest BCUT2D eigenvalue weighted by molar-refractivity contribution is 6.35. The number of carboxylic acids is 1. The molecule has 0 radical (unpaired) electrons. The third-order valence-electron chi connectivity index (χ3n) is 4.94. The zero-order valence-corrected chi connectivity index (χ0v) is 21.3. The van der Waals surface area contributed by atoms with E-state index in [1.54, 1.807) is 25.1 Å². The van der Waals surface area contributed by atoms with Gasteiger partial charge >= 0.3 is 5.97 Å². The number of rotatable bonds is 10. The first-order chi connectivity index (χ1) is 15.5. The molecule has 0 spiro atoms. The summed E-state index contributed by atoms with van der Waals surface area (Å²) in [5.74, 6) is -0.380. The Kier molecular flexibility index (Phi) is 9.81. The van der Waals surface area contributed by atoms with Crippen LogP contribution in [-0.2, 0) is 16.0 Å². The zero-order valence-electron chi connectivity index (χ0n) is 19.8. The van der Waals surface area contributed by atoms with Gasteiger partial charge in [-0.2, -0.15) is 0 Å². The number of carbonyl (C=O) groups is 2. The number of anilines is 2. The number of hydrogen-bond donors (Lipinski definition) is 2. The van der Waals surface area contributed by atoms with Gasteiger partial charge in [0.05, 0.1) is 17.8 Å². The fraction of sp³-hybridized carbons (Fsp3) is 0.385. The number of nitrogens with one attached hydrogen (secondary N) is 1. The van der Waals surface area contributed by atoms with Crippen molar-refractivity contribution in [1.29, 1.82) is 0 Å². The summed E-state index contributed by atoms with van der Waals surface area (Å²) in [6, 6.07) is 10.7. The molecule has 2 aromatic rings. The highest BCUT2D eigenvalue weighted by atomic mass is 35.5. The number of carboxylic acid groups (broad SMARTS) is 1. The summed E-state index contributed by atoms with van der Waals surface area (Å²) >= 11 is 12.2. The molecule has 0 aromatic heterocycles. The summed E-state index contributed by atoms with van der Waals surface area (Å²) in [5, 5.41) is 13.1. The van der Waals surface area contributed by atoms with Gasteiger partial charge in [0.1, 0.15) is 0 Å². The van der Waals surface area contributed by atoms with Crippen LogP contribution in [0.5, 0.6) is 0 Å². The van der Waals surface area contributed by atoms with Crippen LogP contribution in [0.4, 0.5) is 11.4 Å². The van der Waals surface area contributed by atoms with E-state index >= 15 is 0 Å². The molecule has 7 heteroatoms. The first kappa shape index (κ1) is 26.7. The Bertz CT molecular complexity index is 1020. The summed E-state index contributed by atoms with van der Waals surface area (Å²) in [4.78, 5) is 26.4. The zero-order chi connectivity index (χ0) is 24.7. The summed E-state index contributed by atoms with van der Waals surface area (Å²) < 4.78 is 0. The van der Waals surface area contributed by atoms with Crippen molar-refractivity contribution in [2.75, 3.05) is 23.3 Å². The van der Waals surface area contributed by atoms with Gasteiger partial charge in [-0.05, 0) is 59.7 Å². The predicted octanol–water partition coefficient (Wildman–Crippen LogP) is 6.78. The Balaban J connectivity index is 2.45. The van der Waals surface area contributed by atoms with Crippen LogP contribution < -0.4 is 10.2 Å². The molecule has 0 atom stereocenters. The second-order valence-corrected chi connectivity index (χ2v) is 9.89.